The van der Waals surface area contributed by atoms with Crippen molar-refractivity contribution in [3.63, 3.8) is 0 Å². The Labute approximate surface area is 197 Å². The van der Waals surface area contributed by atoms with Gasteiger partial charge in [-0.25, -0.2) is 4.98 Å². The molecule has 0 aromatic carbocycles. The first-order valence-electron chi connectivity index (χ1n) is 12.5. The van der Waals surface area contributed by atoms with E-state index < -0.39 is 0 Å². The molecule has 1 aromatic rings. The van der Waals surface area contributed by atoms with Gasteiger partial charge in [-0.2, -0.15) is 5.26 Å². The molecule has 2 saturated heterocycles. The Kier molecular flexibility index (Phi) is 5.86. The van der Waals surface area contributed by atoms with Crippen LogP contribution in [0.15, 0.2) is 0 Å². The summed E-state index contributed by atoms with van der Waals surface area (Å²) in [5.74, 6) is 1.81. The summed E-state index contributed by atoms with van der Waals surface area (Å²) >= 11 is 0. The molecule has 0 spiro atoms. The number of carbonyl (C=O) groups is 1. The normalized spacial score (nSPS) is 26.5. The first-order valence-corrected chi connectivity index (χ1v) is 12.5. The molecule has 4 aliphatic rings. The van der Waals surface area contributed by atoms with Crippen LogP contribution in [0.4, 0.5) is 5.82 Å². The molecule has 2 atom stereocenters. The number of nitriles is 1. The van der Waals surface area contributed by atoms with Crippen LogP contribution >= 0.6 is 0 Å². The summed E-state index contributed by atoms with van der Waals surface area (Å²) in [6.45, 7) is 11.9. The van der Waals surface area contributed by atoms with Crippen LogP contribution in [-0.4, -0.2) is 59.8 Å². The molecule has 4 heterocycles. The van der Waals surface area contributed by atoms with E-state index in [2.05, 4.69) is 38.7 Å². The fourth-order valence-corrected chi connectivity index (χ4v) is 5.46. The summed E-state index contributed by atoms with van der Waals surface area (Å²) in [6, 6.07) is 2.60. The number of anilines is 1. The van der Waals surface area contributed by atoms with Gasteiger partial charge in [0.1, 0.15) is 11.9 Å². The maximum Gasteiger partial charge on any atom is 0.225 e. The molecule has 7 nitrogen and oxygen atoms in total. The molecule has 7 heteroatoms. The second-order valence-corrected chi connectivity index (χ2v) is 11.1. The minimum atomic E-state index is -0.284. The number of hydrogen-bond donors (Lipinski definition) is 0. The zero-order valence-electron chi connectivity index (χ0n) is 20.4. The summed E-state index contributed by atoms with van der Waals surface area (Å²) in [7, 11) is 0. The van der Waals surface area contributed by atoms with Crippen molar-refractivity contribution in [2.24, 2.45) is 5.92 Å². The Morgan fingerprint density at radius 2 is 2.00 bits per heavy atom. The van der Waals surface area contributed by atoms with Crippen LogP contribution in [0.3, 0.4) is 0 Å². The number of pyridine rings is 1. The highest BCUT2D eigenvalue weighted by atomic mass is 16.5. The van der Waals surface area contributed by atoms with Crippen molar-refractivity contribution < 1.29 is 14.3 Å². The van der Waals surface area contributed by atoms with Crippen molar-refractivity contribution in [1.29, 1.82) is 5.26 Å². The second kappa shape index (κ2) is 8.56. The molecule has 33 heavy (non-hydrogen) atoms. The van der Waals surface area contributed by atoms with Gasteiger partial charge < -0.3 is 19.3 Å². The summed E-state index contributed by atoms with van der Waals surface area (Å²) in [6.07, 6.45) is 4.59. The maximum atomic E-state index is 13.0. The van der Waals surface area contributed by atoms with Gasteiger partial charge >= 0.3 is 0 Å². The average molecular weight is 453 g/mol. The topological polar surface area (TPSA) is 78.7 Å². The van der Waals surface area contributed by atoms with E-state index in [1.165, 1.54) is 0 Å². The van der Waals surface area contributed by atoms with Crippen molar-refractivity contribution >= 4 is 11.7 Å². The third-order valence-electron chi connectivity index (χ3n) is 7.71. The number of piperazine rings is 1. The van der Waals surface area contributed by atoms with Crippen LogP contribution in [0.2, 0.25) is 0 Å². The molecule has 0 radical (unpaired) electrons. The van der Waals surface area contributed by atoms with Gasteiger partial charge in [-0.3, -0.25) is 4.79 Å². The van der Waals surface area contributed by atoms with Crippen LogP contribution in [-0.2, 0) is 27.3 Å². The van der Waals surface area contributed by atoms with E-state index >= 15 is 0 Å². The van der Waals surface area contributed by atoms with E-state index in [1.54, 1.807) is 0 Å². The highest BCUT2D eigenvalue weighted by Gasteiger charge is 2.40. The lowest BCUT2D eigenvalue weighted by Crippen LogP contribution is -2.58. The summed E-state index contributed by atoms with van der Waals surface area (Å²) in [5.41, 5.74) is 3.83. The molecule has 1 unspecified atom stereocenters. The number of fused-ring (bicyclic) bond motifs is 1. The molecule has 1 aromatic heterocycles. The average Bonchev–Trinajstić information content (AvgIpc) is 3.59. The standard InChI is InChI=1S/C26H36N4O3/c1-16(2)22-14-29(8-9-30(22)23(31)11-18-7-10-32-18)25-20(13-27)19-12-26(3,4)33-15-21(19)24(28-25)17-5-6-17/h16-18,22H,5-12,14-15H2,1-4H3/t18?,22-/m0/s1. The number of hydrogen-bond acceptors (Lipinski definition) is 6. The Morgan fingerprint density at radius 3 is 2.61 bits per heavy atom. The largest absolute Gasteiger partial charge is 0.377 e. The molecule has 1 amide bonds. The number of aromatic nitrogens is 1. The van der Waals surface area contributed by atoms with Crippen LogP contribution in [0, 0.1) is 17.2 Å². The van der Waals surface area contributed by atoms with Crippen molar-refractivity contribution in [1.82, 2.24) is 9.88 Å². The first kappa shape index (κ1) is 22.6. The van der Waals surface area contributed by atoms with Crippen LogP contribution in [0.25, 0.3) is 0 Å². The second-order valence-electron chi connectivity index (χ2n) is 11.1. The summed E-state index contributed by atoms with van der Waals surface area (Å²) in [4.78, 5) is 22.5. The minimum absolute atomic E-state index is 0.0857. The molecule has 3 fully saturated rings. The number of nitrogens with zero attached hydrogens (tertiary/aromatic N) is 4. The van der Waals surface area contributed by atoms with Gasteiger partial charge in [0.05, 0.1) is 42.0 Å². The van der Waals surface area contributed by atoms with Crippen molar-refractivity contribution in [2.75, 3.05) is 31.1 Å². The lowest BCUT2D eigenvalue weighted by atomic mass is 9.87. The monoisotopic (exact) mass is 452 g/mol. The third kappa shape index (κ3) is 4.36. The molecule has 0 N–H and O–H groups in total. The lowest BCUT2D eigenvalue weighted by molar-refractivity contribution is -0.142. The highest BCUT2D eigenvalue weighted by molar-refractivity contribution is 5.77. The zero-order valence-corrected chi connectivity index (χ0v) is 20.4. The Balaban J connectivity index is 1.46. The SMILES string of the molecule is CC(C)[C@@H]1CN(c2nc(C3CC3)c3c(c2C#N)CC(C)(C)OC3)CCN1C(=O)CC1CCO1. The van der Waals surface area contributed by atoms with Gasteiger partial charge in [-0.05, 0) is 44.6 Å². The van der Waals surface area contributed by atoms with Crippen LogP contribution in [0.1, 0.15) is 81.7 Å². The van der Waals surface area contributed by atoms with Gasteiger partial charge in [0, 0.05) is 44.1 Å². The fraction of sp³-hybridized carbons (Fsp3) is 0.731. The maximum absolute atomic E-state index is 13.0. The highest BCUT2D eigenvalue weighted by Crippen LogP contribution is 2.46. The number of amides is 1. The van der Waals surface area contributed by atoms with Gasteiger partial charge in [0.25, 0.3) is 0 Å². The Bertz CT molecular complexity index is 975. The Morgan fingerprint density at radius 1 is 1.24 bits per heavy atom. The molecular weight excluding hydrogens is 416 g/mol. The molecule has 3 aliphatic heterocycles. The molecule has 1 aliphatic carbocycles. The predicted octanol–water partition coefficient (Wildman–Crippen LogP) is 3.53. The van der Waals surface area contributed by atoms with Crippen molar-refractivity contribution in [2.45, 2.75) is 90.1 Å². The van der Waals surface area contributed by atoms with Crippen molar-refractivity contribution in [3.05, 3.63) is 22.4 Å². The molecule has 0 bridgehead atoms. The minimum Gasteiger partial charge on any atom is -0.377 e. The van der Waals surface area contributed by atoms with E-state index in [9.17, 15) is 10.1 Å². The quantitative estimate of drug-likeness (QED) is 0.680. The van der Waals surface area contributed by atoms with E-state index in [4.69, 9.17) is 14.5 Å². The molecule has 178 valence electrons. The fourth-order valence-electron chi connectivity index (χ4n) is 5.46. The Hall–Kier alpha value is -2.17. The lowest BCUT2D eigenvalue weighted by Gasteiger charge is -2.45. The molecule has 1 saturated carbocycles. The van der Waals surface area contributed by atoms with E-state index in [-0.39, 0.29) is 23.7 Å². The summed E-state index contributed by atoms with van der Waals surface area (Å²) < 4.78 is 11.6. The molecular formula is C26H36N4O3. The zero-order chi connectivity index (χ0) is 23.3. The number of carbonyl (C=O) groups excluding carboxylic acids is 1. The van der Waals surface area contributed by atoms with Crippen LogP contribution < -0.4 is 4.90 Å². The van der Waals surface area contributed by atoms with E-state index in [0.29, 0.717) is 50.1 Å². The molecule has 5 rings (SSSR count). The third-order valence-corrected chi connectivity index (χ3v) is 7.71. The smallest absolute Gasteiger partial charge is 0.225 e. The summed E-state index contributed by atoms with van der Waals surface area (Å²) in [5, 5.41) is 10.2. The van der Waals surface area contributed by atoms with Gasteiger partial charge in [-0.15, -0.1) is 0 Å². The van der Waals surface area contributed by atoms with Crippen molar-refractivity contribution in [3.8, 4) is 6.07 Å². The van der Waals surface area contributed by atoms with Gasteiger partial charge in [-0.1, -0.05) is 13.8 Å². The van der Waals surface area contributed by atoms with E-state index in [0.717, 1.165) is 54.9 Å². The van der Waals surface area contributed by atoms with E-state index in [1.807, 2.05) is 4.90 Å². The number of ether oxygens (including phenoxy) is 2. The predicted molar refractivity (Wildman–Crippen MR) is 125 cm³/mol. The van der Waals surface area contributed by atoms with Gasteiger partial charge in [0.2, 0.25) is 5.91 Å². The van der Waals surface area contributed by atoms with Gasteiger partial charge in [0.15, 0.2) is 0 Å². The first-order chi connectivity index (χ1) is 15.8. The van der Waals surface area contributed by atoms with Crippen LogP contribution in [0.5, 0.6) is 0 Å². The number of rotatable bonds is 5.